The van der Waals surface area contributed by atoms with Gasteiger partial charge in [0.15, 0.2) is 0 Å². The van der Waals surface area contributed by atoms with Gasteiger partial charge in [-0.25, -0.2) is 8.42 Å². The molecule has 0 aromatic carbocycles. The Balaban J connectivity index is 1.33. The molecule has 3 saturated carbocycles. The van der Waals surface area contributed by atoms with Gasteiger partial charge in [0.05, 0.1) is 4.75 Å². The van der Waals surface area contributed by atoms with Crippen LogP contribution >= 0.6 is 20.1 Å². The number of nitrogens with zero attached hydrogens (tertiary/aromatic N) is 1. The molecule has 5 amide bonds. The standard InChI is InChI=1S/C37H62IN5O8S/c1-8-9-19-38(29(44)31(46)39-24-13-14-24)42-30(45)27-26-25(35(26,5)6)22-43(27)32(47)28(34(2,3)4)40-33(48)41-37(15-11-10-12-16-37)23-52(49,50)36(7)17-20-51-21-18-36/h24-28H,8-23H2,1-7H3,(H,39,46)(H,42,45)(H2,40,41,48)/t25-,26?,27+,28-/m1/s1. The molecule has 296 valence electrons. The van der Waals surface area contributed by atoms with Gasteiger partial charge in [0.1, 0.15) is 0 Å². The second-order valence-corrected chi connectivity index (χ2v) is 25.0. The van der Waals surface area contributed by atoms with E-state index in [1.807, 2.05) is 27.7 Å². The predicted molar refractivity (Wildman–Crippen MR) is 207 cm³/mol. The van der Waals surface area contributed by atoms with Crippen molar-refractivity contribution in [2.24, 2.45) is 22.7 Å². The fourth-order valence-electron chi connectivity index (χ4n) is 8.41. The number of halogens is 1. The number of carbonyl (C=O) groups is 5. The van der Waals surface area contributed by atoms with Crippen molar-refractivity contribution in [3.63, 3.8) is 0 Å². The van der Waals surface area contributed by atoms with Gasteiger partial charge in [-0.3, -0.25) is 0 Å². The molecule has 1 unspecified atom stereocenters. The first-order chi connectivity index (χ1) is 24.3. The number of likely N-dealkylation sites (tertiary alicyclic amines) is 1. The predicted octanol–water partition coefficient (Wildman–Crippen LogP) is 4.01. The first kappa shape index (κ1) is 41.2. The van der Waals surface area contributed by atoms with Crippen LogP contribution in [0.1, 0.15) is 119 Å². The number of unbranched alkanes of at least 4 members (excludes halogenated alkanes) is 1. The first-order valence-electron chi connectivity index (χ1n) is 19.3. The summed E-state index contributed by atoms with van der Waals surface area (Å²) in [5.41, 5.74) is -1.90. The number of alkyl halides is 1. The zero-order chi connectivity index (χ0) is 38.3. The van der Waals surface area contributed by atoms with Crippen molar-refractivity contribution in [3.8, 4) is 0 Å². The normalized spacial score (nSPS) is 27.0. The maximum absolute atomic E-state index is 14.6. The summed E-state index contributed by atoms with van der Waals surface area (Å²) in [5, 5.41) is 8.77. The topological polar surface area (TPSA) is 180 Å². The van der Waals surface area contributed by atoms with E-state index in [4.69, 9.17) is 4.74 Å². The molecule has 0 radical (unpaired) electrons. The van der Waals surface area contributed by atoms with E-state index in [1.54, 1.807) is 11.8 Å². The van der Waals surface area contributed by atoms with Crippen LogP contribution < -0.4 is 19.5 Å². The summed E-state index contributed by atoms with van der Waals surface area (Å²) in [6.45, 7) is 14.6. The maximum atomic E-state index is 14.6. The number of sulfone groups is 1. The second-order valence-electron chi connectivity index (χ2n) is 17.8. The van der Waals surface area contributed by atoms with Gasteiger partial charge in [-0.1, -0.05) is 6.42 Å². The number of fused-ring (bicyclic) bond motifs is 1. The molecule has 0 spiro atoms. The van der Waals surface area contributed by atoms with Gasteiger partial charge in [-0.15, -0.1) is 0 Å². The molecule has 2 heterocycles. The first-order valence-corrected chi connectivity index (χ1v) is 24.6. The van der Waals surface area contributed by atoms with Gasteiger partial charge in [-0.05, 0) is 19.8 Å². The zero-order valence-corrected chi connectivity index (χ0v) is 35.2. The van der Waals surface area contributed by atoms with E-state index in [1.165, 1.54) is 0 Å². The van der Waals surface area contributed by atoms with Crippen molar-refractivity contribution in [1.82, 2.24) is 24.4 Å². The van der Waals surface area contributed by atoms with Gasteiger partial charge in [0, 0.05) is 13.2 Å². The molecule has 4 N–H and O–H groups in total. The molecule has 3 aliphatic carbocycles. The van der Waals surface area contributed by atoms with Crippen LogP contribution in [0, 0.1) is 22.7 Å². The Bertz CT molecular complexity index is 1500. The van der Waals surface area contributed by atoms with Gasteiger partial charge < -0.3 is 4.74 Å². The summed E-state index contributed by atoms with van der Waals surface area (Å²) in [5.74, 6) is -1.63. The van der Waals surface area contributed by atoms with Crippen LogP contribution in [0.2, 0.25) is 0 Å². The molecule has 2 saturated heterocycles. The van der Waals surface area contributed by atoms with Crippen molar-refractivity contribution >= 4 is 57.5 Å². The molecule has 5 fully saturated rings. The number of piperidine rings is 1. The van der Waals surface area contributed by atoms with Crippen molar-refractivity contribution in [2.75, 3.05) is 29.9 Å². The van der Waals surface area contributed by atoms with E-state index in [-0.39, 0.29) is 29.0 Å². The summed E-state index contributed by atoms with van der Waals surface area (Å²) in [6, 6.07) is -2.43. The quantitative estimate of drug-likeness (QED) is 0.0665. The van der Waals surface area contributed by atoms with Crippen molar-refractivity contribution < 1.29 is 37.1 Å². The van der Waals surface area contributed by atoms with Gasteiger partial charge in [0.2, 0.25) is 0 Å². The SMILES string of the molecule is CCCCI(NC(=O)[C@@H]1C2[C@@H](CN1C(=O)[C@@H](NC(=O)NC1(CS(=O)(=O)C3(C)CCOCC3)CCCCC1)C(C)(C)C)C2(C)C)C(=O)C(=O)NC1CC1. The molecule has 4 atom stereocenters. The average Bonchev–Trinajstić information content (AvgIpc) is 3.92. The molecule has 5 aliphatic rings. The van der Waals surface area contributed by atoms with Crippen LogP contribution in [0.5, 0.6) is 0 Å². The van der Waals surface area contributed by atoms with E-state index in [0.29, 0.717) is 56.3 Å². The van der Waals surface area contributed by atoms with Crippen LogP contribution in [0.4, 0.5) is 4.79 Å². The third-order valence-electron chi connectivity index (χ3n) is 12.3. The summed E-state index contributed by atoms with van der Waals surface area (Å²) >= 11 is -2.95. The van der Waals surface area contributed by atoms with Crippen LogP contribution in [0.25, 0.3) is 0 Å². The number of hydrogen-bond donors (Lipinski definition) is 4. The summed E-state index contributed by atoms with van der Waals surface area (Å²) < 4.78 is 35.3. The van der Waals surface area contributed by atoms with Gasteiger partial charge >= 0.3 is 262 Å². The van der Waals surface area contributed by atoms with Gasteiger partial charge in [-0.2, -0.15) is 0 Å². The number of amides is 5. The average molecular weight is 864 g/mol. The number of hydrogen-bond acceptors (Lipinski definition) is 8. The fourth-order valence-corrected chi connectivity index (χ4v) is 14.9. The van der Waals surface area contributed by atoms with E-state index in [9.17, 15) is 32.4 Å². The molecule has 0 bridgehead atoms. The zero-order valence-electron chi connectivity index (χ0n) is 32.2. The third kappa shape index (κ3) is 8.92. The number of urea groups is 1. The van der Waals surface area contributed by atoms with Gasteiger partial charge in [0.25, 0.3) is 0 Å². The van der Waals surface area contributed by atoms with Crippen molar-refractivity contribution in [3.05, 3.63) is 0 Å². The van der Waals surface area contributed by atoms with E-state index in [0.717, 1.165) is 38.5 Å². The van der Waals surface area contributed by atoms with Crippen LogP contribution in [-0.2, 0) is 33.8 Å². The molecular formula is C37H62IN5O8S. The molecular weight excluding hydrogens is 801 g/mol. The second kappa shape index (κ2) is 15.6. The Morgan fingerprint density at radius 1 is 0.962 bits per heavy atom. The molecule has 0 aromatic heterocycles. The van der Waals surface area contributed by atoms with Crippen LogP contribution in [0.15, 0.2) is 0 Å². The van der Waals surface area contributed by atoms with Crippen LogP contribution in [-0.4, -0.2) is 99.2 Å². The minimum absolute atomic E-state index is 0.0266. The summed E-state index contributed by atoms with van der Waals surface area (Å²) in [6.07, 6.45) is 7.61. The third-order valence-corrected chi connectivity index (χ3v) is 19.8. The molecule has 52 heavy (non-hydrogen) atoms. The van der Waals surface area contributed by atoms with Crippen molar-refractivity contribution in [2.45, 2.75) is 148 Å². The Morgan fingerprint density at radius 2 is 1.60 bits per heavy atom. The minimum atomic E-state index is -3.62. The van der Waals surface area contributed by atoms with E-state index in [2.05, 4.69) is 33.3 Å². The van der Waals surface area contributed by atoms with E-state index < -0.39 is 85.3 Å². The molecule has 15 heteroatoms. The van der Waals surface area contributed by atoms with E-state index >= 15 is 0 Å². The Hall–Kier alpha value is -2.01. The molecule has 5 rings (SSSR count). The monoisotopic (exact) mass is 863 g/mol. The number of ether oxygens (including phenoxy) is 1. The fraction of sp³-hybridized carbons (Fsp3) is 0.865. The summed E-state index contributed by atoms with van der Waals surface area (Å²) in [4.78, 5) is 70.4. The Kier molecular flexibility index (Phi) is 12.4. The molecule has 13 nitrogen and oxygen atoms in total. The molecule has 0 aromatic rings. The van der Waals surface area contributed by atoms with Crippen LogP contribution in [0.3, 0.4) is 0 Å². The Morgan fingerprint density at radius 3 is 2.17 bits per heavy atom. The number of carbonyl (C=O) groups excluding carboxylic acids is 5. The Labute approximate surface area is 317 Å². The summed E-state index contributed by atoms with van der Waals surface area (Å²) in [7, 11) is -3.62. The number of nitrogens with one attached hydrogen (secondary N) is 4. The number of rotatable bonds is 14. The van der Waals surface area contributed by atoms with Crippen molar-refractivity contribution in [1.29, 1.82) is 0 Å². The molecule has 2 aliphatic heterocycles.